The van der Waals surface area contributed by atoms with E-state index < -0.39 is 0 Å². The lowest BCUT2D eigenvalue weighted by Crippen LogP contribution is -2.44. The van der Waals surface area contributed by atoms with E-state index in [2.05, 4.69) is 28.0 Å². The summed E-state index contributed by atoms with van der Waals surface area (Å²) in [7, 11) is 1.69. The number of hydrogen-bond donors (Lipinski definition) is 0. The predicted molar refractivity (Wildman–Crippen MR) is 145 cm³/mol. The number of ketones is 1. The fourth-order valence-corrected chi connectivity index (χ4v) is 5.73. The van der Waals surface area contributed by atoms with Gasteiger partial charge in [-0.25, -0.2) is 4.39 Å². The third-order valence-corrected chi connectivity index (χ3v) is 8.04. The molecule has 3 aliphatic rings. The van der Waals surface area contributed by atoms with Gasteiger partial charge in [0.05, 0.1) is 12.7 Å². The first-order valence-corrected chi connectivity index (χ1v) is 13.6. The molecule has 7 heteroatoms. The largest absolute Gasteiger partial charge is 0.497 e. The fraction of sp³-hybridized carbons (Fsp3) is 0.419. The second kappa shape index (κ2) is 11.9. The number of hydrogen-bond acceptors (Lipinski definition) is 5. The number of rotatable bonds is 7. The maximum atomic E-state index is 13.3. The number of methoxy groups -OCH3 is 1. The van der Waals surface area contributed by atoms with E-state index in [0.717, 1.165) is 50.3 Å². The summed E-state index contributed by atoms with van der Waals surface area (Å²) in [5, 5.41) is 0. The van der Waals surface area contributed by atoms with Crippen molar-refractivity contribution in [2.75, 3.05) is 39.8 Å². The average molecular weight is 518 g/mol. The van der Waals surface area contributed by atoms with Gasteiger partial charge in [0.25, 0.3) is 5.91 Å². The summed E-state index contributed by atoms with van der Waals surface area (Å²) in [4.78, 5) is 32.8. The Balaban J connectivity index is 1.11. The molecule has 2 fully saturated rings. The molecule has 0 saturated carbocycles. The third-order valence-electron chi connectivity index (χ3n) is 8.04. The number of halogens is 1. The van der Waals surface area contributed by atoms with Crippen LogP contribution in [0.4, 0.5) is 4.39 Å². The maximum absolute atomic E-state index is 13.3. The molecule has 2 saturated heterocycles. The van der Waals surface area contributed by atoms with Gasteiger partial charge in [-0.1, -0.05) is 24.3 Å². The molecule has 200 valence electrons. The summed E-state index contributed by atoms with van der Waals surface area (Å²) in [6.07, 6.45) is 9.47. The van der Waals surface area contributed by atoms with Crippen LogP contribution in [-0.4, -0.2) is 72.3 Å². The van der Waals surface area contributed by atoms with E-state index in [1.54, 1.807) is 19.2 Å². The van der Waals surface area contributed by atoms with E-state index >= 15 is 0 Å². The van der Waals surface area contributed by atoms with Gasteiger partial charge in [-0.15, -0.1) is 0 Å². The van der Waals surface area contributed by atoms with Crippen molar-refractivity contribution in [2.24, 2.45) is 5.92 Å². The van der Waals surface area contributed by atoms with Crippen molar-refractivity contribution < 1.29 is 18.7 Å². The van der Waals surface area contributed by atoms with Crippen molar-refractivity contribution in [3.05, 3.63) is 89.4 Å². The van der Waals surface area contributed by atoms with Crippen LogP contribution in [0.15, 0.2) is 72.5 Å². The van der Waals surface area contributed by atoms with Crippen LogP contribution in [0.5, 0.6) is 5.75 Å². The molecule has 0 N–H and O–H groups in total. The van der Waals surface area contributed by atoms with Crippen LogP contribution in [0.2, 0.25) is 0 Å². The highest BCUT2D eigenvalue weighted by atomic mass is 19.1. The number of nitrogens with zero attached hydrogens (tertiary/aromatic N) is 3. The Hall–Kier alpha value is -3.45. The lowest BCUT2D eigenvalue weighted by atomic mass is 9.88. The molecule has 0 aromatic heterocycles. The second-order valence-corrected chi connectivity index (χ2v) is 10.5. The molecule has 2 aromatic rings. The number of benzene rings is 2. The van der Waals surface area contributed by atoms with Crippen LogP contribution in [0.1, 0.15) is 41.6 Å². The summed E-state index contributed by atoms with van der Waals surface area (Å²) in [5.41, 5.74) is 2.56. The van der Waals surface area contributed by atoms with Gasteiger partial charge in [0.15, 0.2) is 5.78 Å². The van der Waals surface area contributed by atoms with Crippen LogP contribution in [-0.2, 0) is 11.3 Å². The van der Waals surface area contributed by atoms with Crippen LogP contribution in [0.3, 0.4) is 0 Å². The van der Waals surface area contributed by atoms with Crippen LogP contribution in [0, 0.1) is 11.7 Å². The van der Waals surface area contributed by atoms with Crippen molar-refractivity contribution in [1.29, 1.82) is 0 Å². The van der Waals surface area contributed by atoms with Gasteiger partial charge in [-0.05, 0) is 67.6 Å². The quantitative estimate of drug-likeness (QED) is 0.500. The molecule has 5 rings (SSSR count). The van der Waals surface area contributed by atoms with Gasteiger partial charge in [0.2, 0.25) is 0 Å². The number of likely N-dealkylation sites (tertiary alicyclic amines) is 2. The van der Waals surface area contributed by atoms with Crippen LogP contribution in [0.25, 0.3) is 0 Å². The minimum atomic E-state index is -0.344. The number of Topliss-reactive ketones (excluding diaryl/α,β-unsaturated/α-hetero) is 1. The van der Waals surface area contributed by atoms with Crippen molar-refractivity contribution in [2.45, 2.75) is 38.3 Å². The van der Waals surface area contributed by atoms with Crippen molar-refractivity contribution in [3.8, 4) is 5.75 Å². The molecule has 0 spiro atoms. The van der Waals surface area contributed by atoms with Gasteiger partial charge in [0, 0.05) is 63.0 Å². The molecule has 3 aliphatic heterocycles. The molecule has 0 bridgehead atoms. The molecule has 6 nitrogen and oxygen atoms in total. The molecule has 2 aromatic carbocycles. The van der Waals surface area contributed by atoms with E-state index in [9.17, 15) is 14.0 Å². The molecule has 0 aliphatic carbocycles. The highest BCUT2D eigenvalue weighted by Gasteiger charge is 2.30. The summed E-state index contributed by atoms with van der Waals surface area (Å²) in [6, 6.07) is 14.4. The minimum absolute atomic E-state index is 0.0376. The standard InChI is InChI=1S/C31H36FN3O3/c1-38-29-10-4-23(5-11-29)21-33-17-14-28(15-18-33)35-16-2-3-26(22-35)31(37)34-19-12-25(13-20-34)30(36)24-6-8-27(32)9-7-24/h2-11,22,25,28H,12-21H2,1H3. The van der Waals surface area contributed by atoms with Crippen molar-refractivity contribution >= 4 is 11.7 Å². The van der Waals surface area contributed by atoms with Gasteiger partial charge < -0.3 is 14.5 Å². The zero-order valence-corrected chi connectivity index (χ0v) is 22.0. The lowest BCUT2D eigenvalue weighted by Gasteiger charge is -2.39. The predicted octanol–water partition coefficient (Wildman–Crippen LogP) is 4.68. The zero-order valence-electron chi connectivity index (χ0n) is 22.0. The molecular formula is C31H36FN3O3. The maximum Gasteiger partial charge on any atom is 0.255 e. The van der Waals surface area contributed by atoms with Crippen LogP contribution >= 0.6 is 0 Å². The summed E-state index contributed by atoms with van der Waals surface area (Å²) >= 11 is 0. The summed E-state index contributed by atoms with van der Waals surface area (Å²) < 4.78 is 18.5. The SMILES string of the molecule is COc1ccc(CN2CCC(N3C=C(C(=O)N4CCC(C(=O)c5ccc(F)cc5)CC4)C=CC3)CC2)cc1. The molecule has 3 heterocycles. The van der Waals surface area contributed by atoms with E-state index in [1.165, 1.54) is 17.7 Å². The molecule has 0 radical (unpaired) electrons. The highest BCUT2D eigenvalue weighted by Crippen LogP contribution is 2.26. The molecular weight excluding hydrogens is 481 g/mol. The summed E-state index contributed by atoms with van der Waals surface area (Å²) in [5.74, 6) is 0.489. The first kappa shape index (κ1) is 26.2. The van der Waals surface area contributed by atoms with Gasteiger partial charge in [-0.2, -0.15) is 0 Å². The van der Waals surface area contributed by atoms with Crippen molar-refractivity contribution in [3.63, 3.8) is 0 Å². The smallest absolute Gasteiger partial charge is 0.255 e. The molecule has 1 amide bonds. The lowest BCUT2D eigenvalue weighted by molar-refractivity contribution is -0.128. The Bertz CT molecular complexity index is 1180. The summed E-state index contributed by atoms with van der Waals surface area (Å²) in [6.45, 7) is 4.95. The Morgan fingerprint density at radius 1 is 0.921 bits per heavy atom. The van der Waals surface area contributed by atoms with E-state index in [1.807, 2.05) is 29.3 Å². The Morgan fingerprint density at radius 3 is 2.26 bits per heavy atom. The topological polar surface area (TPSA) is 53.1 Å². The van der Waals surface area contributed by atoms with Gasteiger partial charge in [0.1, 0.15) is 11.6 Å². The van der Waals surface area contributed by atoms with Crippen LogP contribution < -0.4 is 4.74 Å². The normalized spacial score (nSPS) is 19.4. The second-order valence-electron chi connectivity index (χ2n) is 10.5. The molecule has 0 unspecified atom stereocenters. The number of amides is 1. The number of piperidine rings is 2. The fourth-order valence-electron chi connectivity index (χ4n) is 5.73. The third kappa shape index (κ3) is 6.16. The van der Waals surface area contributed by atoms with E-state index in [0.29, 0.717) is 37.5 Å². The Kier molecular flexibility index (Phi) is 8.23. The molecule has 0 atom stereocenters. The van der Waals surface area contributed by atoms with Gasteiger partial charge >= 0.3 is 0 Å². The average Bonchev–Trinajstić information content (AvgIpc) is 2.98. The number of carbonyl (C=O) groups is 2. The van der Waals surface area contributed by atoms with Crippen molar-refractivity contribution in [1.82, 2.24) is 14.7 Å². The number of carbonyl (C=O) groups excluding carboxylic acids is 2. The van der Waals surface area contributed by atoms with E-state index in [-0.39, 0.29) is 23.4 Å². The Morgan fingerprint density at radius 2 is 1.61 bits per heavy atom. The van der Waals surface area contributed by atoms with E-state index in [4.69, 9.17) is 4.74 Å². The first-order valence-electron chi connectivity index (χ1n) is 13.6. The first-order chi connectivity index (χ1) is 18.5. The number of ether oxygens (including phenoxy) is 1. The molecule has 38 heavy (non-hydrogen) atoms. The highest BCUT2D eigenvalue weighted by molar-refractivity contribution is 5.99. The van der Waals surface area contributed by atoms with Gasteiger partial charge in [-0.3, -0.25) is 14.5 Å². The monoisotopic (exact) mass is 517 g/mol. The minimum Gasteiger partial charge on any atom is -0.497 e. The zero-order chi connectivity index (χ0) is 26.5. The Labute approximate surface area is 224 Å².